The third-order valence-corrected chi connectivity index (χ3v) is 3.47. The lowest BCUT2D eigenvalue weighted by atomic mass is 10.3. The number of hydrogen-bond donors (Lipinski definition) is 2. The second kappa shape index (κ2) is 9.12. The highest BCUT2D eigenvalue weighted by Gasteiger charge is 2.05. The van der Waals surface area contributed by atoms with Crippen LogP contribution in [0.5, 0.6) is 5.75 Å². The zero-order chi connectivity index (χ0) is 18.0. The minimum Gasteiger partial charge on any atom is -0.493 e. The van der Waals surface area contributed by atoms with Crippen molar-refractivity contribution in [2.24, 2.45) is 0 Å². The van der Waals surface area contributed by atoms with Crippen LogP contribution in [0.25, 0.3) is 0 Å². The Kier molecular flexibility index (Phi) is 6.09. The number of benzene rings is 1. The molecule has 3 rings (SSSR count). The second-order valence-corrected chi connectivity index (χ2v) is 5.48. The number of carbonyl (C=O) groups excluding carboxylic acids is 1. The van der Waals surface area contributed by atoms with Gasteiger partial charge in [0.1, 0.15) is 11.6 Å². The number of aromatic nitrogens is 3. The molecule has 3 aromatic rings. The number of hydrogen-bond acceptors (Lipinski definition) is 6. The number of carbonyl (C=O) groups is 1. The van der Waals surface area contributed by atoms with Crippen molar-refractivity contribution in [1.29, 1.82) is 0 Å². The first-order valence-electron chi connectivity index (χ1n) is 8.24. The molecule has 0 spiro atoms. The first kappa shape index (κ1) is 17.3. The zero-order valence-corrected chi connectivity index (χ0v) is 14.1. The maximum atomic E-state index is 11.9. The first-order chi connectivity index (χ1) is 12.8. The molecule has 7 heteroatoms. The van der Waals surface area contributed by atoms with Gasteiger partial charge in [0.05, 0.1) is 13.0 Å². The Morgan fingerprint density at radius 3 is 2.50 bits per heavy atom. The minimum absolute atomic E-state index is 0.175. The Bertz CT molecular complexity index is 810. The van der Waals surface area contributed by atoms with Crippen molar-refractivity contribution in [2.75, 3.05) is 17.2 Å². The van der Waals surface area contributed by atoms with Gasteiger partial charge in [-0.05, 0) is 35.9 Å². The fraction of sp³-hybridized carbons (Fsp3) is 0.158. The molecule has 26 heavy (non-hydrogen) atoms. The molecule has 0 unspecified atom stereocenters. The number of nitrogens with zero attached hydrogens (tertiary/aromatic N) is 3. The van der Waals surface area contributed by atoms with Crippen LogP contribution in [-0.2, 0) is 11.3 Å². The molecule has 7 nitrogen and oxygen atoms in total. The Morgan fingerprint density at radius 2 is 1.77 bits per heavy atom. The Hall–Kier alpha value is -3.48. The van der Waals surface area contributed by atoms with E-state index in [-0.39, 0.29) is 12.3 Å². The summed E-state index contributed by atoms with van der Waals surface area (Å²) in [5.74, 6) is 1.59. The normalized spacial score (nSPS) is 10.2. The molecule has 0 aliphatic heterocycles. The van der Waals surface area contributed by atoms with E-state index >= 15 is 0 Å². The monoisotopic (exact) mass is 349 g/mol. The molecule has 0 saturated carbocycles. The van der Waals surface area contributed by atoms with Crippen molar-refractivity contribution >= 4 is 17.5 Å². The lowest BCUT2D eigenvalue weighted by Gasteiger charge is -2.07. The first-order valence-corrected chi connectivity index (χ1v) is 8.24. The molecule has 1 aromatic carbocycles. The summed E-state index contributed by atoms with van der Waals surface area (Å²) in [6.07, 6.45) is 3.75. The van der Waals surface area contributed by atoms with E-state index in [2.05, 4.69) is 25.8 Å². The van der Waals surface area contributed by atoms with Crippen LogP contribution in [-0.4, -0.2) is 27.7 Å². The van der Waals surface area contributed by atoms with Crippen molar-refractivity contribution in [3.8, 4) is 5.75 Å². The second-order valence-electron chi connectivity index (χ2n) is 5.48. The molecule has 0 saturated heterocycles. The van der Waals surface area contributed by atoms with Crippen LogP contribution in [0.15, 0.2) is 67.0 Å². The molecule has 0 fully saturated rings. The molecule has 0 aliphatic carbocycles. The molecule has 0 atom stereocenters. The molecule has 1 amide bonds. The van der Waals surface area contributed by atoms with Crippen LogP contribution in [0.3, 0.4) is 0 Å². The third kappa shape index (κ3) is 5.55. The number of anilines is 2. The number of para-hydroxylation sites is 1. The smallest absolute Gasteiger partial charge is 0.229 e. The van der Waals surface area contributed by atoms with E-state index in [1.165, 1.54) is 0 Å². The Balaban J connectivity index is 1.41. The molecule has 0 radical (unpaired) electrons. The van der Waals surface area contributed by atoms with E-state index in [9.17, 15) is 4.79 Å². The summed E-state index contributed by atoms with van der Waals surface area (Å²) >= 11 is 0. The summed E-state index contributed by atoms with van der Waals surface area (Å²) in [5, 5.41) is 13.9. The number of amides is 1. The van der Waals surface area contributed by atoms with Crippen LogP contribution in [0.4, 0.5) is 11.6 Å². The Labute approximate surface area is 151 Å². The quantitative estimate of drug-likeness (QED) is 0.650. The van der Waals surface area contributed by atoms with Gasteiger partial charge >= 0.3 is 0 Å². The van der Waals surface area contributed by atoms with Gasteiger partial charge in [0.15, 0.2) is 5.82 Å². The number of ether oxygens (including phenoxy) is 1. The fourth-order valence-corrected chi connectivity index (χ4v) is 2.17. The van der Waals surface area contributed by atoms with Gasteiger partial charge in [-0.15, -0.1) is 10.2 Å². The minimum atomic E-state index is -0.175. The Morgan fingerprint density at radius 1 is 0.962 bits per heavy atom. The van der Waals surface area contributed by atoms with Gasteiger partial charge in [0, 0.05) is 18.9 Å². The van der Waals surface area contributed by atoms with Crippen molar-refractivity contribution in [2.45, 2.75) is 13.0 Å². The number of nitrogens with one attached hydrogen (secondary N) is 2. The van der Waals surface area contributed by atoms with Gasteiger partial charge in [-0.1, -0.05) is 24.3 Å². The molecular formula is C19H19N5O2. The largest absolute Gasteiger partial charge is 0.493 e. The van der Waals surface area contributed by atoms with Crippen molar-refractivity contribution in [1.82, 2.24) is 15.2 Å². The summed E-state index contributed by atoms with van der Waals surface area (Å²) in [6, 6.07) is 16.7. The van der Waals surface area contributed by atoms with E-state index in [0.29, 0.717) is 24.8 Å². The lowest BCUT2D eigenvalue weighted by Crippen LogP contribution is -2.16. The van der Waals surface area contributed by atoms with Gasteiger partial charge < -0.3 is 15.4 Å². The maximum absolute atomic E-state index is 11.9. The van der Waals surface area contributed by atoms with Crippen LogP contribution in [0.1, 0.15) is 12.0 Å². The lowest BCUT2D eigenvalue weighted by molar-refractivity contribution is -0.116. The summed E-state index contributed by atoms with van der Waals surface area (Å²) in [5.41, 5.74) is 1.05. The summed E-state index contributed by atoms with van der Waals surface area (Å²) in [7, 11) is 0. The molecular weight excluding hydrogens is 330 g/mol. The van der Waals surface area contributed by atoms with Gasteiger partial charge in [-0.2, -0.15) is 0 Å². The van der Waals surface area contributed by atoms with E-state index < -0.39 is 0 Å². The molecule has 2 heterocycles. The van der Waals surface area contributed by atoms with E-state index in [1.54, 1.807) is 24.5 Å². The van der Waals surface area contributed by atoms with Gasteiger partial charge in [0.25, 0.3) is 0 Å². The average Bonchev–Trinajstić information content (AvgIpc) is 2.69. The van der Waals surface area contributed by atoms with Gasteiger partial charge in [0.2, 0.25) is 5.91 Å². The summed E-state index contributed by atoms with van der Waals surface area (Å²) in [4.78, 5) is 16.0. The molecule has 0 bridgehead atoms. The van der Waals surface area contributed by atoms with Crippen LogP contribution in [0.2, 0.25) is 0 Å². The fourth-order valence-electron chi connectivity index (χ4n) is 2.17. The van der Waals surface area contributed by atoms with E-state index in [1.807, 2.05) is 42.5 Å². The zero-order valence-electron chi connectivity index (χ0n) is 14.1. The van der Waals surface area contributed by atoms with Crippen molar-refractivity contribution in [3.05, 3.63) is 72.6 Å². The van der Waals surface area contributed by atoms with E-state index in [4.69, 9.17) is 4.74 Å². The standard InChI is InChI=1S/C19H19N5O2/c25-19(10-12-26-16-6-2-1-3-7-16)22-18-9-8-17(23-24-18)21-14-15-5-4-11-20-13-15/h1-9,11,13H,10,12,14H2,(H,21,23)(H,22,24,25). The predicted octanol–water partition coefficient (Wildman–Crippen LogP) is 2.89. The third-order valence-electron chi connectivity index (χ3n) is 3.47. The molecule has 132 valence electrons. The van der Waals surface area contributed by atoms with Crippen molar-refractivity contribution in [3.63, 3.8) is 0 Å². The molecule has 2 aromatic heterocycles. The van der Waals surface area contributed by atoms with Crippen LogP contribution >= 0.6 is 0 Å². The van der Waals surface area contributed by atoms with E-state index in [0.717, 1.165) is 11.3 Å². The predicted molar refractivity (Wildman–Crippen MR) is 98.8 cm³/mol. The van der Waals surface area contributed by atoms with Crippen LogP contribution in [0, 0.1) is 0 Å². The van der Waals surface area contributed by atoms with Gasteiger partial charge in [-0.3, -0.25) is 9.78 Å². The maximum Gasteiger partial charge on any atom is 0.229 e. The molecule has 0 aliphatic rings. The summed E-state index contributed by atoms with van der Waals surface area (Å²) in [6.45, 7) is 0.902. The van der Waals surface area contributed by atoms with Crippen molar-refractivity contribution < 1.29 is 9.53 Å². The highest BCUT2D eigenvalue weighted by Crippen LogP contribution is 2.10. The average molecular weight is 349 g/mol. The summed E-state index contributed by atoms with van der Waals surface area (Å²) < 4.78 is 5.50. The highest BCUT2D eigenvalue weighted by molar-refractivity contribution is 5.89. The molecule has 2 N–H and O–H groups in total. The van der Waals surface area contributed by atoms with Crippen LogP contribution < -0.4 is 15.4 Å². The number of rotatable bonds is 8. The SMILES string of the molecule is O=C(CCOc1ccccc1)Nc1ccc(NCc2cccnc2)nn1. The number of pyridine rings is 1. The highest BCUT2D eigenvalue weighted by atomic mass is 16.5. The topological polar surface area (TPSA) is 89.0 Å². The van der Waals surface area contributed by atoms with Gasteiger partial charge in [-0.25, -0.2) is 0 Å².